The molecule has 0 fully saturated rings. The Hall–Kier alpha value is -0.690. The molecule has 0 aliphatic carbocycles. The van der Waals surface area contributed by atoms with E-state index in [4.69, 9.17) is 23.8 Å². The van der Waals surface area contributed by atoms with Crippen molar-refractivity contribution in [3.63, 3.8) is 0 Å². The third kappa shape index (κ3) is 2.38. The van der Waals surface area contributed by atoms with Gasteiger partial charge in [0.1, 0.15) is 0 Å². The van der Waals surface area contributed by atoms with Gasteiger partial charge >= 0.3 is 0 Å². The molecule has 7 heteroatoms. The highest BCUT2D eigenvalue weighted by Gasteiger charge is 2.15. The first kappa shape index (κ1) is 13.3. The lowest BCUT2D eigenvalue weighted by molar-refractivity contribution is 0.655. The van der Waals surface area contributed by atoms with E-state index in [9.17, 15) is 0 Å². The molecule has 0 aliphatic rings. The second-order valence-electron chi connectivity index (χ2n) is 4.14. The van der Waals surface area contributed by atoms with Crippen LogP contribution in [0.4, 0.5) is 0 Å². The van der Waals surface area contributed by atoms with Gasteiger partial charge in [-0.2, -0.15) is 0 Å². The molecular weight excluding hydrogens is 366 g/mol. The number of fused-ring (bicyclic) bond motifs is 1. The third-order valence-electron chi connectivity index (χ3n) is 2.91. The maximum absolute atomic E-state index is 6.00. The first-order chi connectivity index (χ1) is 9.06. The molecule has 0 radical (unpaired) electrons. The summed E-state index contributed by atoms with van der Waals surface area (Å²) in [5.74, 6) is 0. The minimum atomic E-state index is 0.104. The number of hydrogen-bond acceptors (Lipinski definition) is 3. The summed E-state index contributed by atoms with van der Waals surface area (Å²) in [4.78, 5) is 8.79. The van der Waals surface area contributed by atoms with E-state index in [2.05, 4.69) is 32.8 Å². The third-order valence-corrected chi connectivity index (χ3v) is 5.05. The van der Waals surface area contributed by atoms with Crippen molar-refractivity contribution in [3.8, 4) is 0 Å². The van der Waals surface area contributed by atoms with E-state index in [-0.39, 0.29) is 6.04 Å². The van der Waals surface area contributed by atoms with Gasteiger partial charge in [-0.1, -0.05) is 11.6 Å². The topological polar surface area (TPSA) is 33.6 Å². The van der Waals surface area contributed by atoms with Gasteiger partial charge in [0, 0.05) is 15.5 Å². The Labute approximate surface area is 132 Å². The van der Waals surface area contributed by atoms with Crippen molar-refractivity contribution in [1.29, 1.82) is 0 Å². The molecule has 1 atom stereocenters. The van der Waals surface area contributed by atoms with Crippen LogP contribution in [0.1, 0.15) is 17.8 Å². The van der Waals surface area contributed by atoms with Crippen LogP contribution < -0.4 is 0 Å². The van der Waals surface area contributed by atoms with Gasteiger partial charge in [-0.05, 0) is 53.3 Å². The van der Waals surface area contributed by atoms with E-state index in [0.29, 0.717) is 4.77 Å². The fourth-order valence-corrected chi connectivity index (χ4v) is 3.82. The molecule has 1 unspecified atom stereocenters. The zero-order valence-electron chi connectivity index (χ0n) is 9.85. The highest BCUT2D eigenvalue weighted by molar-refractivity contribution is 9.10. The van der Waals surface area contributed by atoms with Crippen molar-refractivity contribution in [3.05, 3.63) is 42.9 Å². The van der Waals surface area contributed by atoms with Crippen LogP contribution in [0, 0.1) is 4.77 Å². The van der Waals surface area contributed by atoms with Gasteiger partial charge in [0.15, 0.2) is 10.4 Å². The zero-order valence-corrected chi connectivity index (χ0v) is 13.8. The lowest BCUT2D eigenvalue weighted by Gasteiger charge is -2.11. The van der Waals surface area contributed by atoms with E-state index in [1.54, 1.807) is 17.5 Å². The molecular formula is C12H9BrClN3S2. The number of pyridine rings is 1. The van der Waals surface area contributed by atoms with Crippen LogP contribution in [0.15, 0.2) is 28.9 Å². The zero-order chi connectivity index (χ0) is 13.6. The molecule has 3 aromatic heterocycles. The quantitative estimate of drug-likeness (QED) is 0.627. The number of rotatable bonds is 2. The van der Waals surface area contributed by atoms with Gasteiger partial charge in [0.25, 0.3) is 0 Å². The Morgan fingerprint density at radius 1 is 1.53 bits per heavy atom. The van der Waals surface area contributed by atoms with Gasteiger partial charge in [-0.15, -0.1) is 11.3 Å². The van der Waals surface area contributed by atoms with Gasteiger partial charge < -0.3 is 4.98 Å². The molecule has 3 aromatic rings. The number of aromatic amines is 1. The number of halogens is 2. The average Bonchev–Trinajstić information content (AvgIpc) is 2.91. The van der Waals surface area contributed by atoms with Gasteiger partial charge in [-0.3, -0.25) is 4.57 Å². The number of thiophene rings is 1. The molecule has 0 bridgehead atoms. The van der Waals surface area contributed by atoms with Crippen LogP contribution >= 0.6 is 51.1 Å². The summed E-state index contributed by atoms with van der Waals surface area (Å²) < 4.78 is 4.39. The van der Waals surface area contributed by atoms with Gasteiger partial charge in [-0.25, -0.2) is 4.98 Å². The standard InChI is InChI=1S/C12H9BrClN3S2/c1-6(9-2-3-10(14)19-9)17-11-8(16-12(17)18)4-7(13)5-15-11/h2-6H,1H3,(H,16,18). The van der Waals surface area contributed by atoms with Gasteiger partial charge in [0.2, 0.25) is 0 Å². The summed E-state index contributed by atoms with van der Waals surface area (Å²) in [7, 11) is 0. The lowest BCUT2D eigenvalue weighted by atomic mass is 10.3. The highest BCUT2D eigenvalue weighted by atomic mass is 79.9. The Kier molecular flexibility index (Phi) is 3.51. The summed E-state index contributed by atoms with van der Waals surface area (Å²) in [6, 6.07) is 6.01. The Balaban J connectivity index is 2.19. The van der Waals surface area contributed by atoms with Gasteiger partial charge in [0.05, 0.1) is 15.9 Å². The normalized spacial score (nSPS) is 13.0. The van der Waals surface area contributed by atoms with Crippen molar-refractivity contribution in [2.24, 2.45) is 0 Å². The number of H-pyrrole nitrogens is 1. The number of nitrogens with one attached hydrogen (secondary N) is 1. The Morgan fingerprint density at radius 2 is 2.32 bits per heavy atom. The number of imidazole rings is 1. The Morgan fingerprint density at radius 3 is 3.00 bits per heavy atom. The van der Waals surface area contributed by atoms with Crippen LogP contribution in [0.3, 0.4) is 0 Å². The van der Waals surface area contributed by atoms with E-state index in [1.165, 1.54) is 0 Å². The number of hydrogen-bond donors (Lipinski definition) is 1. The summed E-state index contributed by atoms with van der Waals surface area (Å²) in [6.07, 6.45) is 1.77. The van der Waals surface area contributed by atoms with E-state index < -0.39 is 0 Å². The fourth-order valence-electron chi connectivity index (χ4n) is 2.03. The maximum atomic E-state index is 6.00. The van der Waals surface area contributed by atoms with Crippen molar-refractivity contribution in [2.45, 2.75) is 13.0 Å². The first-order valence-electron chi connectivity index (χ1n) is 5.57. The molecule has 0 aliphatic heterocycles. The monoisotopic (exact) mass is 373 g/mol. The summed E-state index contributed by atoms with van der Waals surface area (Å²) >= 11 is 16.4. The molecule has 0 aromatic carbocycles. The van der Waals surface area contributed by atoms with Crippen molar-refractivity contribution < 1.29 is 0 Å². The number of aromatic nitrogens is 3. The molecule has 1 N–H and O–H groups in total. The van der Waals surface area contributed by atoms with Crippen LogP contribution in [0.5, 0.6) is 0 Å². The molecule has 3 heterocycles. The fraction of sp³-hybridized carbons (Fsp3) is 0.167. The predicted molar refractivity (Wildman–Crippen MR) is 85.8 cm³/mol. The summed E-state index contributed by atoms with van der Waals surface area (Å²) in [5, 5.41) is 0. The predicted octanol–water partition coefficient (Wildman–Crippen LogP) is 5.18. The Bertz CT molecular complexity index is 805. The van der Waals surface area contributed by atoms with Crippen LogP contribution in [0.2, 0.25) is 4.34 Å². The highest BCUT2D eigenvalue weighted by Crippen LogP contribution is 2.31. The molecule has 0 saturated heterocycles. The van der Waals surface area contributed by atoms with E-state index >= 15 is 0 Å². The molecule has 0 amide bonds. The van der Waals surface area contributed by atoms with E-state index in [1.807, 2.05) is 22.8 Å². The van der Waals surface area contributed by atoms with Crippen LogP contribution in [-0.4, -0.2) is 14.5 Å². The minimum Gasteiger partial charge on any atom is -0.329 e. The largest absolute Gasteiger partial charge is 0.329 e. The first-order valence-corrected chi connectivity index (χ1v) is 7.97. The van der Waals surface area contributed by atoms with Crippen molar-refractivity contribution in [1.82, 2.24) is 14.5 Å². The number of nitrogens with zero attached hydrogens (tertiary/aromatic N) is 2. The van der Waals surface area contributed by atoms with E-state index in [0.717, 1.165) is 24.9 Å². The molecule has 0 saturated carbocycles. The minimum absolute atomic E-state index is 0.104. The molecule has 19 heavy (non-hydrogen) atoms. The second kappa shape index (κ2) is 5.01. The molecule has 98 valence electrons. The van der Waals surface area contributed by atoms with Crippen molar-refractivity contribution in [2.75, 3.05) is 0 Å². The van der Waals surface area contributed by atoms with Crippen LogP contribution in [0.25, 0.3) is 11.2 Å². The summed E-state index contributed by atoms with van der Waals surface area (Å²) in [5.41, 5.74) is 1.78. The average molecular weight is 375 g/mol. The molecule has 3 rings (SSSR count). The molecule has 0 spiro atoms. The molecule has 3 nitrogen and oxygen atoms in total. The smallest absolute Gasteiger partial charge is 0.179 e. The maximum Gasteiger partial charge on any atom is 0.179 e. The van der Waals surface area contributed by atoms with Crippen molar-refractivity contribution >= 4 is 62.2 Å². The SMILES string of the molecule is CC(c1ccc(Cl)s1)n1c(=S)[nH]c2cc(Br)cnc21. The second-order valence-corrected chi connectivity index (χ2v) is 7.19. The summed E-state index contributed by atoms with van der Waals surface area (Å²) in [6.45, 7) is 2.09. The van der Waals surface area contributed by atoms with Crippen LogP contribution in [-0.2, 0) is 0 Å². The lowest BCUT2D eigenvalue weighted by Crippen LogP contribution is -2.05.